The van der Waals surface area contributed by atoms with Gasteiger partial charge >= 0.3 is 0 Å². The average molecular weight is 1230 g/mol. The molecule has 0 amide bonds. The summed E-state index contributed by atoms with van der Waals surface area (Å²) in [7, 11) is 0. The molecule has 6 heteroatoms. The number of ether oxygens (including phenoxy) is 1. The number of anilines is 9. The highest BCUT2D eigenvalue weighted by Gasteiger charge is 2.52. The SMILES string of the molecule is CC(C)(C)c1ccc(-c2cccc(-c3ccc(C(C)(C)C)cc3)c2C2C3=CC4Sc5cc(N(c6ccccc6)c6ccccc6)cc6c5B(c5ccccc5O6)C4C=C3C3c4ccccc4N(c4ccccc4)c4cc(N(c5ccccc5)c5ccccc5)cc2c43)cc1. The number of hydrogen-bond acceptors (Lipinski definition) is 5. The Kier molecular flexibility index (Phi) is 14.0. The monoisotopic (exact) mass is 1230 g/mol. The minimum absolute atomic E-state index is 0.0135. The molecule has 0 fully saturated rings. The van der Waals surface area contributed by atoms with Crippen LogP contribution in [0.15, 0.2) is 319 Å². The van der Waals surface area contributed by atoms with E-state index in [1.807, 2.05) is 11.8 Å². The average Bonchev–Trinajstić information content (AvgIpc) is 0.689. The van der Waals surface area contributed by atoms with E-state index < -0.39 is 0 Å². The Balaban J connectivity index is 0.986. The van der Waals surface area contributed by atoms with E-state index in [4.69, 9.17) is 4.74 Å². The van der Waals surface area contributed by atoms with Crippen LogP contribution in [-0.4, -0.2) is 12.0 Å². The first-order chi connectivity index (χ1) is 45.9. The summed E-state index contributed by atoms with van der Waals surface area (Å²) in [5.74, 6) is 1.56. The molecule has 0 N–H and O–H groups in total. The van der Waals surface area contributed by atoms with Gasteiger partial charge in [0, 0.05) is 62.2 Å². The Labute approximate surface area is 558 Å². The summed E-state index contributed by atoms with van der Waals surface area (Å²) in [6.07, 6.45) is 5.56. The molecule has 0 spiro atoms. The number of rotatable bonds is 10. The maximum Gasteiger partial charge on any atom is 0.228 e. The van der Waals surface area contributed by atoms with Gasteiger partial charge in [-0.1, -0.05) is 248 Å². The molecule has 2 aliphatic carbocycles. The number of nitrogens with zero attached hydrogens (tertiary/aromatic N) is 3. The fourth-order valence-corrected chi connectivity index (χ4v) is 17.3. The zero-order valence-electron chi connectivity index (χ0n) is 53.9. The van der Waals surface area contributed by atoms with E-state index in [2.05, 4.69) is 360 Å². The summed E-state index contributed by atoms with van der Waals surface area (Å²) < 4.78 is 7.23. The molecule has 0 radical (unpaired) electrons. The number of thioether (sulfide) groups is 1. The molecule has 12 aromatic rings. The van der Waals surface area contributed by atoms with E-state index in [0.717, 1.165) is 51.3 Å². The Bertz CT molecular complexity index is 4790. The van der Waals surface area contributed by atoms with Crippen LogP contribution >= 0.6 is 11.8 Å². The molecule has 0 aromatic heterocycles. The van der Waals surface area contributed by atoms with E-state index >= 15 is 0 Å². The second kappa shape index (κ2) is 22.8. The van der Waals surface area contributed by atoms with E-state index in [1.54, 1.807) is 0 Å². The predicted octanol–water partition coefficient (Wildman–Crippen LogP) is 22.7. The minimum Gasteiger partial charge on any atom is -0.458 e. The molecule has 17 rings (SSSR count). The molecule has 4 nitrogen and oxygen atoms in total. The van der Waals surface area contributed by atoms with Crippen molar-refractivity contribution in [2.45, 2.75) is 80.2 Å². The lowest BCUT2D eigenvalue weighted by molar-refractivity contribution is 0.485. The Morgan fingerprint density at radius 1 is 0.394 bits per heavy atom. The van der Waals surface area contributed by atoms with Crippen molar-refractivity contribution in [1.82, 2.24) is 0 Å². The molecule has 0 saturated carbocycles. The van der Waals surface area contributed by atoms with Crippen LogP contribution in [0.25, 0.3) is 22.3 Å². The van der Waals surface area contributed by atoms with Crippen LogP contribution in [-0.2, 0) is 10.8 Å². The summed E-state index contributed by atoms with van der Waals surface area (Å²) in [5, 5.41) is 0.0386. The zero-order valence-corrected chi connectivity index (χ0v) is 54.7. The van der Waals surface area contributed by atoms with Gasteiger partial charge in [-0.15, -0.1) is 11.8 Å². The van der Waals surface area contributed by atoms with Gasteiger partial charge in [0.25, 0.3) is 0 Å². The molecule has 0 saturated heterocycles. The van der Waals surface area contributed by atoms with Gasteiger partial charge in [-0.3, -0.25) is 0 Å². The van der Waals surface area contributed by atoms with Crippen molar-refractivity contribution < 1.29 is 4.74 Å². The van der Waals surface area contributed by atoms with Crippen LogP contribution in [0, 0.1) is 0 Å². The van der Waals surface area contributed by atoms with Crippen LogP contribution in [0.3, 0.4) is 0 Å². The summed E-state index contributed by atoms with van der Waals surface area (Å²) in [5.41, 5.74) is 28.0. The highest BCUT2D eigenvalue weighted by atomic mass is 32.2. The summed E-state index contributed by atoms with van der Waals surface area (Å²) in [6, 6.07) is 109. The fraction of sp³-hybridized carbons (Fsp3) is 0.136. The maximum atomic E-state index is 7.23. The molecule has 4 unspecified atom stereocenters. The molecule has 94 heavy (non-hydrogen) atoms. The van der Waals surface area contributed by atoms with E-state index in [-0.39, 0.29) is 40.4 Å². The summed E-state index contributed by atoms with van der Waals surface area (Å²) in [6.45, 7) is 13.9. The number of para-hydroxylation sites is 7. The van der Waals surface area contributed by atoms with Gasteiger partial charge < -0.3 is 19.4 Å². The van der Waals surface area contributed by atoms with Gasteiger partial charge in [-0.2, -0.15) is 0 Å². The van der Waals surface area contributed by atoms with Crippen molar-refractivity contribution in [3.05, 3.63) is 348 Å². The molecular weight excluding hydrogens is 1160 g/mol. The predicted molar refractivity (Wildman–Crippen MR) is 396 cm³/mol. The van der Waals surface area contributed by atoms with Crippen LogP contribution in [0.4, 0.5) is 51.2 Å². The topological polar surface area (TPSA) is 19.0 Å². The first kappa shape index (κ1) is 57.6. The van der Waals surface area contributed by atoms with E-state index in [9.17, 15) is 0 Å². The van der Waals surface area contributed by atoms with Gasteiger partial charge in [-0.05, 0) is 185 Å². The lowest BCUT2D eigenvalue weighted by Gasteiger charge is -2.49. The highest BCUT2D eigenvalue weighted by molar-refractivity contribution is 8.00. The lowest BCUT2D eigenvalue weighted by atomic mass is 9.31. The number of hydrogen-bond donors (Lipinski definition) is 0. The number of allylic oxidation sites excluding steroid dienone is 3. The molecule has 4 atom stereocenters. The first-order valence-electron chi connectivity index (χ1n) is 33.2. The van der Waals surface area contributed by atoms with Crippen molar-refractivity contribution in [3.63, 3.8) is 0 Å². The van der Waals surface area contributed by atoms with Crippen LogP contribution in [0.5, 0.6) is 11.5 Å². The Morgan fingerprint density at radius 3 is 1.43 bits per heavy atom. The van der Waals surface area contributed by atoms with Gasteiger partial charge in [0.2, 0.25) is 6.71 Å². The van der Waals surface area contributed by atoms with E-state index in [1.165, 1.54) is 94.0 Å². The van der Waals surface area contributed by atoms with Crippen LogP contribution < -0.4 is 30.4 Å². The summed E-state index contributed by atoms with van der Waals surface area (Å²) >= 11 is 2.02. The third-order valence-corrected chi connectivity index (χ3v) is 21.5. The van der Waals surface area contributed by atoms with Crippen molar-refractivity contribution in [1.29, 1.82) is 0 Å². The second-order valence-corrected chi connectivity index (χ2v) is 29.1. The standard InChI is InChI=1S/C88H72BN3OS/c1-87(2,3)59-47-43-57(44-48-59)68-38-26-39-69(58-45-49-60(50-46-58)88(4,5)6)82(68)84-72-56-80-75(89-74-40-23-25-42-78(74)93-79-53-67(54-81(94-80)86(79)89)91(63-31-16-9-17-32-63)64-33-18-10-19-34-64)55-71(72)83-70-37-22-24-41-76(70)92(65-35-20-11-21-36-65)77-52-66(51-73(84)85(77)83)90(61-27-12-7-13-28-61)62-29-14-8-15-30-62/h7-56,75,80,83-84H,1-6H3. The Morgan fingerprint density at radius 2 is 0.872 bits per heavy atom. The molecule has 3 heterocycles. The van der Waals surface area contributed by atoms with Gasteiger partial charge in [0.05, 0.1) is 17.1 Å². The molecule has 5 aliphatic rings. The number of benzene rings is 12. The third kappa shape index (κ3) is 9.75. The van der Waals surface area contributed by atoms with Crippen molar-refractivity contribution in [2.24, 2.45) is 0 Å². The van der Waals surface area contributed by atoms with Gasteiger partial charge in [0.15, 0.2) is 0 Å². The highest BCUT2D eigenvalue weighted by Crippen LogP contribution is 2.65. The molecule has 3 aliphatic heterocycles. The quantitative estimate of drug-likeness (QED) is 0.127. The lowest BCUT2D eigenvalue weighted by Crippen LogP contribution is -2.55. The second-order valence-electron chi connectivity index (χ2n) is 27.9. The zero-order chi connectivity index (χ0) is 63.4. The number of fused-ring (bicyclic) bond motifs is 8. The Hall–Kier alpha value is -10.3. The largest absolute Gasteiger partial charge is 0.458 e. The first-order valence-corrected chi connectivity index (χ1v) is 34.1. The maximum absolute atomic E-state index is 7.23. The molecular formula is C88H72BN3OS. The van der Waals surface area contributed by atoms with E-state index in [0.29, 0.717) is 0 Å². The van der Waals surface area contributed by atoms with Crippen molar-refractivity contribution >= 4 is 80.6 Å². The normalized spacial score (nSPS) is 17.2. The smallest absolute Gasteiger partial charge is 0.228 e. The third-order valence-electron chi connectivity index (χ3n) is 20.2. The molecule has 454 valence electrons. The van der Waals surface area contributed by atoms with Crippen LogP contribution in [0.2, 0.25) is 5.82 Å². The van der Waals surface area contributed by atoms with Gasteiger partial charge in [0.1, 0.15) is 11.5 Å². The van der Waals surface area contributed by atoms with Crippen LogP contribution in [0.1, 0.15) is 86.8 Å². The molecule has 12 aromatic carbocycles. The van der Waals surface area contributed by atoms with Crippen molar-refractivity contribution in [2.75, 3.05) is 14.7 Å². The fourth-order valence-electron chi connectivity index (χ4n) is 15.8. The van der Waals surface area contributed by atoms with Crippen molar-refractivity contribution in [3.8, 4) is 33.8 Å². The minimum atomic E-state index is -0.248. The summed E-state index contributed by atoms with van der Waals surface area (Å²) in [4.78, 5) is 8.68. The molecule has 0 bridgehead atoms. The van der Waals surface area contributed by atoms with Gasteiger partial charge in [-0.25, -0.2) is 0 Å².